The van der Waals surface area contributed by atoms with Crippen molar-refractivity contribution in [3.8, 4) is 11.9 Å². The molecule has 2 rings (SSSR count). The summed E-state index contributed by atoms with van der Waals surface area (Å²) in [5.74, 6) is 0.434. The maximum Gasteiger partial charge on any atom is 0.232 e. The SMILES string of the molecule is CCOc1nc2c(CC)cccc2cc1C#N. The van der Waals surface area contributed by atoms with Crippen LogP contribution in [0.5, 0.6) is 5.88 Å². The van der Waals surface area contributed by atoms with Gasteiger partial charge in [-0.25, -0.2) is 4.98 Å². The maximum atomic E-state index is 9.06. The van der Waals surface area contributed by atoms with E-state index in [1.807, 2.05) is 25.1 Å². The molecule has 0 atom stereocenters. The smallest absolute Gasteiger partial charge is 0.232 e. The minimum atomic E-state index is 0.434. The maximum absolute atomic E-state index is 9.06. The third kappa shape index (κ3) is 2.07. The van der Waals surface area contributed by atoms with Crippen molar-refractivity contribution in [1.82, 2.24) is 4.98 Å². The van der Waals surface area contributed by atoms with Crippen LogP contribution in [0.3, 0.4) is 0 Å². The number of hydrogen-bond donors (Lipinski definition) is 0. The number of nitrogens with zero attached hydrogens (tertiary/aromatic N) is 2. The van der Waals surface area contributed by atoms with E-state index in [4.69, 9.17) is 10.00 Å². The van der Waals surface area contributed by atoms with E-state index < -0.39 is 0 Å². The Hall–Kier alpha value is -2.08. The quantitative estimate of drug-likeness (QED) is 0.808. The number of hydrogen-bond acceptors (Lipinski definition) is 3. The number of pyridine rings is 1. The summed E-state index contributed by atoms with van der Waals surface area (Å²) in [5.41, 5.74) is 2.60. The molecular formula is C14H14N2O. The molecule has 2 aromatic rings. The van der Waals surface area contributed by atoms with Gasteiger partial charge in [0, 0.05) is 5.39 Å². The lowest BCUT2D eigenvalue weighted by molar-refractivity contribution is 0.327. The van der Waals surface area contributed by atoms with Crippen LogP contribution in [-0.2, 0) is 6.42 Å². The zero-order valence-electron chi connectivity index (χ0n) is 10.0. The van der Waals surface area contributed by atoms with E-state index in [2.05, 4.69) is 24.0 Å². The topological polar surface area (TPSA) is 45.9 Å². The fourth-order valence-electron chi connectivity index (χ4n) is 1.86. The fourth-order valence-corrected chi connectivity index (χ4v) is 1.86. The van der Waals surface area contributed by atoms with E-state index in [0.29, 0.717) is 18.1 Å². The molecule has 0 N–H and O–H groups in total. The summed E-state index contributed by atoms with van der Waals surface area (Å²) >= 11 is 0. The van der Waals surface area contributed by atoms with Crippen LogP contribution in [0.4, 0.5) is 0 Å². The second-order valence-electron chi connectivity index (χ2n) is 3.73. The summed E-state index contributed by atoms with van der Waals surface area (Å²) in [6.07, 6.45) is 0.918. The minimum absolute atomic E-state index is 0.434. The van der Waals surface area contributed by atoms with E-state index >= 15 is 0 Å². The zero-order chi connectivity index (χ0) is 12.3. The van der Waals surface area contributed by atoms with Crippen molar-refractivity contribution >= 4 is 10.9 Å². The number of benzene rings is 1. The van der Waals surface area contributed by atoms with E-state index in [-0.39, 0.29) is 0 Å². The third-order valence-corrected chi connectivity index (χ3v) is 2.68. The molecule has 3 nitrogen and oxygen atoms in total. The van der Waals surface area contributed by atoms with Gasteiger partial charge in [0.25, 0.3) is 0 Å². The van der Waals surface area contributed by atoms with Gasteiger partial charge in [0.05, 0.1) is 12.1 Å². The van der Waals surface area contributed by atoms with Crippen LogP contribution in [0.25, 0.3) is 10.9 Å². The van der Waals surface area contributed by atoms with Gasteiger partial charge in [-0.2, -0.15) is 5.26 Å². The largest absolute Gasteiger partial charge is 0.477 e. The Morgan fingerprint density at radius 1 is 1.35 bits per heavy atom. The molecule has 1 aromatic heterocycles. The Morgan fingerprint density at radius 3 is 2.82 bits per heavy atom. The van der Waals surface area contributed by atoms with Gasteiger partial charge >= 0.3 is 0 Å². The molecule has 0 bridgehead atoms. The normalized spacial score (nSPS) is 10.2. The number of nitriles is 1. The summed E-state index contributed by atoms with van der Waals surface area (Å²) in [7, 11) is 0. The van der Waals surface area contributed by atoms with Crippen LogP contribution in [0.2, 0.25) is 0 Å². The molecule has 0 unspecified atom stereocenters. The van der Waals surface area contributed by atoms with Gasteiger partial charge in [-0.05, 0) is 25.0 Å². The number of fused-ring (bicyclic) bond motifs is 1. The predicted molar refractivity (Wildman–Crippen MR) is 67.0 cm³/mol. The Balaban J connectivity index is 2.70. The standard InChI is InChI=1S/C14H14N2O/c1-3-10-6-5-7-11-8-12(9-15)14(17-4-2)16-13(10)11/h5-8H,3-4H2,1-2H3. The summed E-state index contributed by atoms with van der Waals surface area (Å²) in [6, 6.07) is 9.98. The first-order valence-corrected chi connectivity index (χ1v) is 5.75. The molecule has 86 valence electrons. The van der Waals surface area contributed by atoms with Crippen molar-refractivity contribution in [2.75, 3.05) is 6.61 Å². The summed E-state index contributed by atoms with van der Waals surface area (Å²) in [5, 5.41) is 10.1. The molecule has 0 radical (unpaired) electrons. The molecule has 0 amide bonds. The molecule has 3 heteroatoms. The van der Waals surface area contributed by atoms with Crippen molar-refractivity contribution in [2.24, 2.45) is 0 Å². The Kier molecular flexibility index (Phi) is 3.24. The minimum Gasteiger partial charge on any atom is -0.477 e. The van der Waals surface area contributed by atoms with Gasteiger partial charge < -0.3 is 4.74 Å². The van der Waals surface area contributed by atoms with Crippen LogP contribution in [0, 0.1) is 11.3 Å². The monoisotopic (exact) mass is 226 g/mol. The van der Waals surface area contributed by atoms with Gasteiger partial charge in [-0.1, -0.05) is 25.1 Å². The number of aromatic nitrogens is 1. The number of ether oxygens (including phenoxy) is 1. The average Bonchev–Trinajstić information content (AvgIpc) is 2.37. The molecule has 0 aliphatic rings. The summed E-state index contributed by atoms with van der Waals surface area (Å²) < 4.78 is 5.40. The molecule has 0 fully saturated rings. The molecule has 0 saturated carbocycles. The Morgan fingerprint density at radius 2 is 2.18 bits per heavy atom. The zero-order valence-corrected chi connectivity index (χ0v) is 10.0. The van der Waals surface area contributed by atoms with Gasteiger partial charge in [-0.15, -0.1) is 0 Å². The summed E-state index contributed by atoms with van der Waals surface area (Å²) in [6.45, 7) is 4.50. The molecule has 1 aromatic carbocycles. The lowest BCUT2D eigenvalue weighted by Gasteiger charge is -2.08. The van der Waals surface area contributed by atoms with Gasteiger partial charge in [-0.3, -0.25) is 0 Å². The van der Waals surface area contributed by atoms with Gasteiger partial charge in [0.1, 0.15) is 11.6 Å². The van der Waals surface area contributed by atoms with Crippen molar-refractivity contribution in [3.63, 3.8) is 0 Å². The van der Waals surface area contributed by atoms with Crippen LogP contribution >= 0.6 is 0 Å². The molecule has 0 aliphatic heterocycles. The van der Waals surface area contributed by atoms with Gasteiger partial charge in [0.2, 0.25) is 5.88 Å². The summed E-state index contributed by atoms with van der Waals surface area (Å²) in [4.78, 5) is 4.46. The van der Waals surface area contributed by atoms with Crippen molar-refractivity contribution < 1.29 is 4.74 Å². The highest BCUT2D eigenvalue weighted by Crippen LogP contribution is 2.24. The van der Waals surface area contributed by atoms with E-state index in [1.165, 1.54) is 5.56 Å². The van der Waals surface area contributed by atoms with E-state index in [9.17, 15) is 0 Å². The highest BCUT2D eigenvalue weighted by Gasteiger charge is 2.09. The second kappa shape index (κ2) is 4.84. The number of rotatable bonds is 3. The lowest BCUT2D eigenvalue weighted by Crippen LogP contribution is -1.99. The molecule has 17 heavy (non-hydrogen) atoms. The van der Waals surface area contributed by atoms with Crippen molar-refractivity contribution in [3.05, 3.63) is 35.4 Å². The van der Waals surface area contributed by atoms with E-state index in [0.717, 1.165) is 17.3 Å². The second-order valence-corrected chi connectivity index (χ2v) is 3.73. The first-order chi connectivity index (χ1) is 8.30. The first kappa shape index (κ1) is 11.4. The Bertz CT molecular complexity index is 585. The first-order valence-electron chi connectivity index (χ1n) is 5.75. The molecule has 0 saturated heterocycles. The average molecular weight is 226 g/mol. The van der Waals surface area contributed by atoms with Crippen LogP contribution in [0.1, 0.15) is 25.0 Å². The molecular weight excluding hydrogens is 212 g/mol. The lowest BCUT2D eigenvalue weighted by atomic mass is 10.1. The highest BCUT2D eigenvalue weighted by atomic mass is 16.5. The fraction of sp³-hybridized carbons (Fsp3) is 0.286. The molecule has 0 spiro atoms. The van der Waals surface area contributed by atoms with Crippen molar-refractivity contribution in [2.45, 2.75) is 20.3 Å². The van der Waals surface area contributed by atoms with Crippen LogP contribution in [0.15, 0.2) is 24.3 Å². The highest BCUT2D eigenvalue weighted by molar-refractivity contribution is 5.84. The van der Waals surface area contributed by atoms with Crippen LogP contribution < -0.4 is 4.74 Å². The number of aryl methyl sites for hydroxylation is 1. The molecule has 0 aliphatic carbocycles. The van der Waals surface area contributed by atoms with Crippen LogP contribution in [-0.4, -0.2) is 11.6 Å². The van der Waals surface area contributed by atoms with Crippen molar-refractivity contribution in [1.29, 1.82) is 5.26 Å². The number of para-hydroxylation sites is 1. The predicted octanol–water partition coefficient (Wildman–Crippen LogP) is 3.07. The molecule has 1 heterocycles. The van der Waals surface area contributed by atoms with Gasteiger partial charge in [0.15, 0.2) is 0 Å². The Labute approximate surface area is 101 Å². The van der Waals surface area contributed by atoms with E-state index in [1.54, 1.807) is 0 Å². The third-order valence-electron chi connectivity index (χ3n) is 2.68.